The summed E-state index contributed by atoms with van der Waals surface area (Å²) in [5.74, 6) is 0. The maximum absolute atomic E-state index is 4.51. The van der Waals surface area contributed by atoms with E-state index in [9.17, 15) is 0 Å². The molecule has 2 nitrogen and oxygen atoms in total. The van der Waals surface area contributed by atoms with Crippen LogP contribution < -0.4 is 0 Å². The van der Waals surface area contributed by atoms with Crippen molar-refractivity contribution >= 4 is 0 Å². The topological polar surface area (TPSA) is 25.8 Å². The molecule has 0 aliphatic carbocycles. The van der Waals surface area contributed by atoms with Gasteiger partial charge in [0, 0.05) is 12.4 Å². The third-order valence-electron chi connectivity index (χ3n) is 3.60. The zero-order valence-corrected chi connectivity index (χ0v) is 12.4. The van der Waals surface area contributed by atoms with Gasteiger partial charge in [-0.25, -0.2) is 0 Å². The summed E-state index contributed by atoms with van der Waals surface area (Å²) >= 11 is 0. The van der Waals surface area contributed by atoms with E-state index in [0.717, 1.165) is 17.8 Å². The Labute approximate surface area is 122 Å². The number of aryl methyl sites for hydroxylation is 1. The summed E-state index contributed by atoms with van der Waals surface area (Å²) in [5, 5.41) is 0. The predicted octanol–water partition coefficient (Wildman–Crippen LogP) is 5.05. The third-order valence-corrected chi connectivity index (χ3v) is 3.60. The standard InChI is InChI=1S/C18H24N2/c1-2-3-4-5-6-7-11-16-12-10-15-20-18(16)17-13-8-9-14-19-17/h8-10,12-15H,2-7,11H2,1H3. The van der Waals surface area contributed by atoms with Crippen LogP contribution in [0.2, 0.25) is 0 Å². The summed E-state index contributed by atoms with van der Waals surface area (Å²) in [6.07, 6.45) is 12.8. The lowest BCUT2D eigenvalue weighted by molar-refractivity contribution is 0.607. The lowest BCUT2D eigenvalue weighted by Crippen LogP contribution is -1.95. The first kappa shape index (κ1) is 14.7. The molecule has 0 fully saturated rings. The van der Waals surface area contributed by atoms with E-state index in [0.29, 0.717) is 0 Å². The molecule has 0 aliphatic heterocycles. The monoisotopic (exact) mass is 268 g/mol. The average molecular weight is 268 g/mol. The lowest BCUT2D eigenvalue weighted by atomic mass is 10.0. The van der Waals surface area contributed by atoms with E-state index in [1.807, 2.05) is 36.7 Å². The van der Waals surface area contributed by atoms with E-state index in [2.05, 4.69) is 23.0 Å². The fraction of sp³-hybridized carbons (Fsp3) is 0.444. The number of aromatic nitrogens is 2. The van der Waals surface area contributed by atoms with Crippen LogP contribution in [-0.4, -0.2) is 9.97 Å². The number of hydrogen-bond acceptors (Lipinski definition) is 2. The van der Waals surface area contributed by atoms with Crippen molar-refractivity contribution in [2.45, 2.75) is 51.9 Å². The van der Waals surface area contributed by atoms with Crippen molar-refractivity contribution in [3.8, 4) is 11.4 Å². The molecule has 0 saturated carbocycles. The SMILES string of the molecule is CCCCCCCCc1cccnc1-c1ccccn1. The predicted molar refractivity (Wildman–Crippen MR) is 84.5 cm³/mol. The van der Waals surface area contributed by atoms with E-state index in [1.54, 1.807) is 0 Å². The summed E-state index contributed by atoms with van der Waals surface area (Å²) in [4.78, 5) is 8.93. The molecular formula is C18H24N2. The molecule has 0 atom stereocenters. The smallest absolute Gasteiger partial charge is 0.0918 e. The van der Waals surface area contributed by atoms with Gasteiger partial charge in [0.2, 0.25) is 0 Å². The van der Waals surface area contributed by atoms with Crippen LogP contribution in [0.25, 0.3) is 11.4 Å². The van der Waals surface area contributed by atoms with Crippen LogP contribution in [0.3, 0.4) is 0 Å². The van der Waals surface area contributed by atoms with Crippen molar-refractivity contribution in [1.82, 2.24) is 9.97 Å². The molecule has 2 heteroatoms. The van der Waals surface area contributed by atoms with E-state index in [1.165, 1.54) is 44.1 Å². The Bertz CT molecular complexity index is 494. The average Bonchev–Trinajstić information content (AvgIpc) is 2.52. The molecule has 2 rings (SSSR count). The van der Waals surface area contributed by atoms with Crippen molar-refractivity contribution in [2.24, 2.45) is 0 Å². The largest absolute Gasteiger partial charge is 0.255 e. The van der Waals surface area contributed by atoms with Crippen molar-refractivity contribution < 1.29 is 0 Å². The molecule has 0 bridgehead atoms. The number of rotatable bonds is 8. The van der Waals surface area contributed by atoms with Crippen LogP contribution in [0.15, 0.2) is 42.7 Å². The Morgan fingerprint density at radius 1 is 0.800 bits per heavy atom. The molecule has 2 aromatic heterocycles. The highest BCUT2D eigenvalue weighted by atomic mass is 14.8. The molecule has 0 aliphatic rings. The van der Waals surface area contributed by atoms with Crippen LogP contribution >= 0.6 is 0 Å². The molecule has 0 N–H and O–H groups in total. The first-order valence-electron chi connectivity index (χ1n) is 7.77. The van der Waals surface area contributed by atoms with Gasteiger partial charge in [0.1, 0.15) is 0 Å². The summed E-state index contributed by atoms with van der Waals surface area (Å²) < 4.78 is 0. The Morgan fingerprint density at radius 3 is 2.40 bits per heavy atom. The maximum Gasteiger partial charge on any atom is 0.0918 e. The number of unbranched alkanes of at least 4 members (excludes halogenated alkanes) is 5. The minimum Gasteiger partial charge on any atom is -0.255 e. The summed E-state index contributed by atoms with van der Waals surface area (Å²) in [5.41, 5.74) is 3.34. The summed E-state index contributed by atoms with van der Waals surface area (Å²) in [6.45, 7) is 2.26. The molecule has 2 aromatic rings. The minimum atomic E-state index is 0.981. The van der Waals surface area contributed by atoms with Gasteiger partial charge in [-0.15, -0.1) is 0 Å². The van der Waals surface area contributed by atoms with Gasteiger partial charge in [-0.05, 0) is 36.6 Å². The molecule has 0 unspecified atom stereocenters. The Balaban J connectivity index is 1.92. The summed E-state index contributed by atoms with van der Waals surface area (Å²) in [7, 11) is 0. The van der Waals surface area contributed by atoms with Crippen LogP contribution in [0.1, 0.15) is 51.0 Å². The zero-order valence-electron chi connectivity index (χ0n) is 12.4. The minimum absolute atomic E-state index is 0.981. The normalized spacial score (nSPS) is 10.7. The lowest BCUT2D eigenvalue weighted by Gasteiger charge is -2.07. The first-order valence-corrected chi connectivity index (χ1v) is 7.77. The van der Waals surface area contributed by atoms with Crippen molar-refractivity contribution in [2.75, 3.05) is 0 Å². The molecule has 0 amide bonds. The van der Waals surface area contributed by atoms with Gasteiger partial charge in [-0.3, -0.25) is 9.97 Å². The van der Waals surface area contributed by atoms with E-state index < -0.39 is 0 Å². The highest BCUT2D eigenvalue weighted by molar-refractivity contribution is 5.58. The Hall–Kier alpha value is -1.70. The van der Waals surface area contributed by atoms with E-state index in [4.69, 9.17) is 0 Å². The molecule has 2 heterocycles. The fourth-order valence-corrected chi connectivity index (χ4v) is 2.47. The fourth-order valence-electron chi connectivity index (χ4n) is 2.47. The molecule has 0 radical (unpaired) electrons. The van der Waals surface area contributed by atoms with Crippen molar-refractivity contribution in [1.29, 1.82) is 0 Å². The molecular weight excluding hydrogens is 244 g/mol. The van der Waals surface area contributed by atoms with Crippen LogP contribution in [0, 0.1) is 0 Å². The number of hydrogen-bond donors (Lipinski definition) is 0. The second kappa shape index (κ2) is 8.47. The van der Waals surface area contributed by atoms with Gasteiger partial charge >= 0.3 is 0 Å². The number of nitrogens with zero attached hydrogens (tertiary/aromatic N) is 2. The number of pyridine rings is 2. The van der Waals surface area contributed by atoms with E-state index in [-0.39, 0.29) is 0 Å². The van der Waals surface area contributed by atoms with Gasteiger partial charge in [0.25, 0.3) is 0 Å². The molecule has 20 heavy (non-hydrogen) atoms. The Morgan fingerprint density at radius 2 is 1.60 bits per heavy atom. The van der Waals surface area contributed by atoms with Crippen LogP contribution in [-0.2, 0) is 6.42 Å². The zero-order chi connectivity index (χ0) is 14.0. The molecule has 0 aromatic carbocycles. The van der Waals surface area contributed by atoms with Crippen molar-refractivity contribution in [3.05, 3.63) is 48.3 Å². The van der Waals surface area contributed by atoms with Gasteiger partial charge in [-0.2, -0.15) is 0 Å². The highest BCUT2D eigenvalue weighted by Crippen LogP contribution is 2.20. The summed E-state index contributed by atoms with van der Waals surface area (Å²) in [6, 6.07) is 10.2. The van der Waals surface area contributed by atoms with Gasteiger partial charge in [-0.1, -0.05) is 51.2 Å². The maximum atomic E-state index is 4.51. The molecule has 0 spiro atoms. The molecule has 0 saturated heterocycles. The highest BCUT2D eigenvalue weighted by Gasteiger charge is 2.06. The van der Waals surface area contributed by atoms with Crippen LogP contribution in [0.5, 0.6) is 0 Å². The van der Waals surface area contributed by atoms with Gasteiger partial charge in [0.05, 0.1) is 11.4 Å². The third kappa shape index (κ3) is 4.44. The van der Waals surface area contributed by atoms with Gasteiger partial charge in [0.15, 0.2) is 0 Å². The second-order valence-corrected chi connectivity index (χ2v) is 5.24. The molecule has 106 valence electrons. The van der Waals surface area contributed by atoms with Gasteiger partial charge < -0.3 is 0 Å². The van der Waals surface area contributed by atoms with E-state index >= 15 is 0 Å². The second-order valence-electron chi connectivity index (χ2n) is 5.24. The van der Waals surface area contributed by atoms with Crippen molar-refractivity contribution in [3.63, 3.8) is 0 Å². The van der Waals surface area contributed by atoms with Crippen LogP contribution in [0.4, 0.5) is 0 Å². The first-order chi connectivity index (χ1) is 9.92. The Kier molecular flexibility index (Phi) is 6.22. The quantitative estimate of drug-likeness (QED) is 0.626.